The number of aryl methyl sites for hydroxylation is 1. The van der Waals surface area contributed by atoms with Gasteiger partial charge in [0.1, 0.15) is 10.8 Å². The summed E-state index contributed by atoms with van der Waals surface area (Å²) in [5, 5.41) is 9.64. The van der Waals surface area contributed by atoms with Crippen LogP contribution < -0.4 is 10.6 Å². The standard InChI is InChI=1S/C22H29ClF3N5O/c1-4-30(5-2)12-6-11-27-21(32)19-18(23)20-28-16(15-9-7-14(3)8-10-15)13-17(22(24,25)26)31(20)29-19/h7-10,16-17,28H,4-6,11-13H2,1-3H3,(H,27,32)/t16-,17+/m1/s1. The molecule has 1 aliphatic rings. The van der Waals surface area contributed by atoms with E-state index in [-0.39, 0.29) is 23.0 Å². The molecule has 1 aromatic heterocycles. The number of rotatable bonds is 8. The maximum atomic E-state index is 13.9. The number of nitrogens with one attached hydrogen (secondary N) is 2. The molecule has 2 heterocycles. The van der Waals surface area contributed by atoms with Crippen LogP contribution in [-0.2, 0) is 0 Å². The molecule has 1 aromatic carbocycles. The lowest BCUT2D eigenvalue weighted by molar-refractivity contribution is -0.173. The first-order valence-corrected chi connectivity index (χ1v) is 11.2. The number of carbonyl (C=O) groups is 1. The molecule has 1 aliphatic heterocycles. The maximum Gasteiger partial charge on any atom is 0.410 e. The Hall–Kier alpha value is -2.26. The van der Waals surface area contributed by atoms with Crippen molar-refractivity contribution in [2.75, 3.05) is 31.5 Å². The van der Waals surface area contributed by atoms with E-state index in [2.05, 4.69) is 34.5 Å². The summed E-state index contributed by atoms with van der Waals surface area (Å²) in [6.45, 7) is 9.06. The summed E-state index contributed by atoms with van der Waals surface area (Å²) in [7, 11) is 0. The largest absolute Gasteiger partial charge is 0.410 e. The first-order chi connectivity index (χ1) is 15.2. The van der Waals surface area contributed by atoms with E-state index >= 15 is 0 Å². The van der Waals surface area contributed by atoms with Crippen molar-refractivity contribution in [3.63, 3.8) is 0 Å². The van der Waals surface area contributed by atoms with Gasteiger partial charge in [-0.05, 0) is 38.5 Å². The Balaban J connectivity index is 1.80. The number of nitrogens with zero attached hydrogens (tertiary/aromatic N) is 3. The molecule has 3 rings (SSSR count). The number of carbonyl (C=O) groups excluding carboxylic acids is 1. The minimum atomic E-state index is -4.54. The molecule has 2 atom stereocenters. The van der Waals surface area contributed by atoms with Crippen molar-refractivity contribution in [3.8, 4) is 0 Å². The van der Waals surface area contributed by atoms with E-state index in [1.165, 1.54) is 0 Å². The van der Waals surface area contributed by atoms with Crippen LogP contribution in [0.5, 0.6) is 0 Å². The zero-order valence-corrected chi connectivity index (χ0v) is 19.2. The fraction of sp³-hybridized carbons (Fsp3) is 0.545. The number of halogens is 4. The van der Waals surface area contributed by atoms with Crippen LogP contribution in [-0.4, -0.2) is 52.9 Å². The van der Waals surface area contributed by atoms with Crippen molar-refractivity contribution in [1.29, 1.82) is 0 Å². The summed E-state index contributed by atoms with van der Waals surface area (Å²) in [6, 6.07) is 4.81. The van der Waals surface area contributed by atoms with E-state index in [1.54, 1.807) is 12.1 Å². The number of hydrogen-bond donors (Lipinski definition) is 2. The first kappa shape index (κ1) is 24.4. The normalized spacial score (nSPS) is 18.4. The van der Waals surface area contributed by atoms with Crippen molar-refractivity contribution >= 4 is 23.3 Å². The Morgan fingerprint density at radius 2 is 1.94 bits per heavy atom. The summed E-state index contributed by atoms with van der Waals surface area (Å²) in [4.78, 5) is 14.8. The molecule has 2 aromatic rings. The fourth-order valence-corrected chi connectivity index (χ4v) is 4.14. The highest BCUT2D eigenvalue weighted by Crippen LogP contribution is 2.46. The second-order valence-electron chi connectivity index (χ2n) is 7.99. The van der Waals surface area contributed by atoms with Crippen molar-refractivity contribution in [2.45, 2.75) is 51.9 Å². The molecule has 0 radical (unpaired) electrons. The summed E-state index contributed by atoms with van der Waals surface area (Å²) >= 11 is 6.36. The van der Waals surface area contributed by atoms with Crippen LogP contribution in [0, 0.1) is 6.92 Å². The van der Waals surface area contributed by atoms with Gasteiger partial charge in [-0.2, -0.15) is 18.3 Å². The quantitative estimate of drug-likeness (QED) is 0.534. The predicted molar refractivity (Wildman–Crippen MR) is 119 cm³/mol. The van der Waals surface area contributed by atoms with E-state index in [0.29, 0.717) is 6.54 Å². The average molecular weight is 472 g/mol. The third-order valence-corrected chi connectivity index (χ3v) is 6.18. The third-order valence-electron chi connectivity index (χ3n) is 5.82. The highest BCUT2D eigenvalue weighted by atomic mass is 35.5. The monoisotopic (exact) mass is 471 g/mol. The van der Waals surface area contributed by atoms with E-state index < -0.39 is 24.2 Å². The van der Waals surface area contributed by atoms with Gasteiger partial charge < -0.3 is 15.5 Å². The van der Waals surface area contributed by atoms with Gasteiger partial charge in [0.05, 0.1) is 6.04 Å². The lowest BCUT2D eigenvalue weighted by Crippen LogP contribution is -2.36. The topological polar surface area (TPSA) is 62.2 Å². The van der Waals surface area contributed by atoms with E-state index in [0.717, 1.165) is 41.9 Å². The second kappa shape index (κ2) is 10.1. The van der Waals surface area contributed by atoms with Crippen LogP contribution in [0.15, 0.2) is 24.3 Å². The first-order valence-electron chi connectivity index (χ1n) is 10.8. The lowest BCUT2D eigenvalue weighted by Gasteiger charge is -2.33. The van der Waals surface area contributed by atoms with Gasteiger partial charge in [-0.3, -0.25) is 4.79 Å². The molecule has 0 unspecified atom stereocenters. The number of aromatic nitrogens is 2. The average Bonchev–Trinajstić information content (AvgIpc) is 3.09. The van der Waals surface area contributed by atoms with Crippen LogP contribution in [0.3, 0.4) is 0 Å². The summed E-state index contributed by atoms with van der Waals surface area (Å²) in [5.74, 6) is -0.565. The molecular formula is C22H29ClF3N5O. The molecule has 10 heteroatoms. The molecule has 0 fully saturated rings. The molecule has 0 saturated carbocycles. The number of benzene rings is 1. The number of amides is 1. The van der Waals surface area contributed by atoms with Crippen LogP contribution >= 0.6 is 11.6 Å². The number of fused-ring (bicyclic) bond motifs is 1. The lowest BCUT2D eigenvalue weighted by atomic mass is 9.96. The van der Waals surface area contributed by atoms with E-state index in [4.69, 9.17) is 11.6 Å². The van der Waals surface area contributed by atoms with Crippen LogP contribution in [0.2, 0.25) is 5.02 Å². The molecule has 0 saturated heterocycles. The van der Waals surface area contributed by atoms with Crippen molar-refractivity contribution in [1.82, 2.24) is 20.0 Å². The van der Waals surface area contributed by atoms with Crippen molar-refractivity contribution in [3.05, 3.63) is 46.1 Å². The van der Waals surface area contributed by atoms with Gasteiger partial charge in [-0.1, -0.05) is 55.3 Å². The van der Waals surface area contributed by atoms with Gasteiger partial charge in [0.2, 0.25) is 0 Å². The molecule has 32 heavy (non-hydrogen) atoms. The summed E-state index contributed by atoms with van der Waals surface area (Å²) in [6.07, 6.45) is -4.06. The van der Waals surface area contributed by atoms with Gasteiger partial charge in [0.15, 0.2) is 11.7 Å². The zero-order valence-electron chi connectivity index (χ0n) is 18.5. The molecule has 0 spiro atoms. The van der Waals surface area contributed by atoms with Crippen LogP contribution in [0.4, 0.5) is 19.0 Å². The number of hydrogen-bond acceptors (Lipinski definition) is 4. The Bertz CT molecular complexity index is 925. The fourth-order valence-electron chi connectivity index (χ4n) is 3.88. The highest BCUT2D eigenvalue weighted by molar-refractivity contribution is 6.36. The van der Waals surface area contributed by atoms with Crippen LogP contribution in [0.1, 0.15) is 60.4 Å². The molecule has 2 N–H and O–H groups in total. The van der Waals surface area contributed by atoms with Crippen molar-refractivity contribution < 1.29 is 18.0 Å². The summed E-state index contributed by atoms with van der Waals surface area (Å²) in [5.41, 5.74) is 1.53. The summed E-state index contributed by atoms with van der Waals surface area (Å²) < 4.78 is 42.4. The van der Waals surface area contributed by atoms with Crippen molar-refractivity contribution in [2.24, 2.45) is 0 Å². The van der Waals surface area contributed by atoms with Gasteiger partial charge in [0.25, 0.3) is 5.91 Å². The Labute approximate surface area is 191 Å². The van der Waals surface area contributed by atoms with Crippen LogP contribution in [0.25, 0.3) is 0 Å². The second-order valence-corrected chi connectivity index (χ2v) is 8.37. The molecule has 6 nitrogen and oxygen atoms in total. The molecule has 0 aliphatic carbocycles. The molecular weight excluding hydrogens is 443 g/mol. The van der Waals surface area contributed by atoms with Gasteiger partial charge >= 0.3 is 6.18 Å². The zero-order chi connectivity index (χ0) is 23.5. The SMILES string of the molecule is CCN(CC)CCCNC(=O)c1nn2c(c1Cl)N[C@@H](c1ccc(C)cc1)C[C@H]2C(F)(F)F. The molecule has 176 valence electrons. The minimum absolute atomic E-state index is 0.0131. The minimum Gasteiger partial charge on any atom is -0.362 e. The van der Waals surface area contributed by atoms with E-state index in [9.17, 15) is 18.0 Å². The van der Waals surface area contributed by atoms with Gasteiger partial charge in [0, 0.05) is 13.0 Å². The number of anilines is 1. The van der Waals surface area contributed by atoms with Gasteiger partial charge in [-0.25, -0.2) is 4.68 Å². The van der Waals surface area contributed by atoms with Gasteiger partial charge in [-0.15, -0.1) is 0 Å². The predicted octanol–water partition coefficient (Wildman–Crippen LogP) is 4.97. The highest BCUT2D eigenvalue weighted by Gasteiger charge is 2.47. The Morgan fingerprint density at radius 3 is 2.53 bits per heavy atom. The smallest absolute Gasteiger partial charge is 0.362 e. The Kier molecular flexibility index (Phi) is 7.71. The molecule has 0 bridgehead atoms. The maximum absolute atomic E-state index is 13.9. The number of alkyl halides is 3. The third kappa shape index (κ3) is 5.38. The molecule has 1 amide bonds. The van der Waals surface area contributed by atoms with E-state index in [1.807, 2.05) is 19.1 Å². The Morgan fingerprint density at radius 1 is 1.28 bits per heavy atom.